The molecule has 0 atom stereocenters. The average molecular weight is 317 g/mol. The van der Waals surface area contributed by atoms with Gasteiger partial charge < -0.3 is 9.30 Å². The predicted molar refractivity (Wildman–Crippen MR) is 79.5 cm³/mol. The van der Waals surface area contributed by atoms with Gasteiger partial charge in [-0.15, -0.1) is 0 Å². The highest BCUT2D eigenvalue weighted by molar-refractivity contribution is 9.10. The summed E-state index contributed by atoms with van der Waals surface area (Å²) >= 11 is 3.49. The maximum Gasteiger partial charge on any atom is 0.218 e. The molecule has 0 spiro atoms. The second-order valence-electron chi connectivity index (χ2n) is 4.32. The number of nitrogens with zero attached hydrogens (tertiary/aromatic N) is 2. The topological polar surface area (TPSA) is 27.1 Å². The van der Waals surface area contributed by atoms with E-state index < -0.39 is 0 Å². The molecule has 0 saturated carbocycles. The molecule has 4 heteroatoms. The number of hydrogen-bond acceptors (Lipinski definition) is 2. The highest BCUT2D eigenvalue weighted by Gasteiger charge is 2.06. The Morgan fingerprint density at radius 1 is 1.26 bits per heavy atom. The Labute approximate surface area is 120 Å². The van der Waals surface area contributed by atoms with Gasteiger partial charge >= 0.3 is 0 Å². The molecule has 0 saturated heterocycles. The number of benzene rings is 1. The summed E-state index contributed by atoms with van der Waals surface area (Å²) in [6.07, 6.45) is 3.83. The molecule has 2 heterocycles. The summed E-state index contributed by atoms with van der Waals surface area (Å²) < 4.78 is 8.58. The van der Waals surface area contributed by atoms with Crippen molar-refractivity contribution >= 4 is 26.8 Å². The Bertz CT molecular complexity index is 721. The van der Waals surface area contributed by atoms with Crippen molar-refractivity contribution in [2.45, 2.75) is 6.54 Å². The van der Waals surface area contributed by atoms with Crippen molar-refractivity contribution in [1.82, 2.24) is 9.55 Å². The lowest BCUT2D eigenvalue weighted by Crippen LogP contribution is -2.01. The zero-order valence-corrected chi connectivity index (χ0v) is 12.1. The third-order valence-corrected chi connectivity index (χ3v) is 3.61. The van der Waals surface area contributed by atoms with Crippen LogP contribution in [0.4, 0.5) is 0 Å². The van der Waals surface area contributed by atoms with Crippen LogP contribution in [0.3, 0.4) is 0 Å². The SMILES string of the molecule is COc1ncccc1Cn1ccc2cc(Br)ccc21. The van der Waals surface area contributed by atoms with Gasteiger partial charge in [0.25, 0.3) is 0 Å². The quantitative estimate of drug-likeness (QED) is 0.733. The van der Waals surface area contributed by atoms with Crippen molar-refractivity contribution in [1.29, 1.82) is 0 Å². The van der Waals surface area contributed by atoms with Gasteiger partial charge in [0.15, 0.2) is 0 Å². The lowest BCUT2D eigenvalue weighted by atomic mass is 10.2. The Kier molecular flexibility index (Phi) is 3.25. The molecule has 0 N–H and O–H groups in total. The van der Waals surface area contributed by atoms with E-state index >= 15 is 0 Å². The van der Waals surface area contributed by atoms with E-state index in [9.17, 15) is 0 Å². The first kappa shape index (κ1) is 12.2. The van der Waals surface area contributed by atoms with Gasteiger partial charge in [-0.25, -0.2) is 4.98 Å². The van der Waals surface area contributed by atoms with E-state index in [-0.39, 0.29) is 0 Å². The molecule has 0 amide bonds. The molecule has 19 heavy (non-hydrogen) atoms. The summed E-state index contributed by atoms with van der Waals surface area (Å²) in [5, 5.41) is 1.22. The van der Waals surface area contributed by atoms with Crippen LogP contribution in [0.15, 0.2) is 53.3 Å². The highest BCUT2D eigenvalue weighted by Crippen LogP contribution is 2.23. The minimum Gasteiger partial charge on any atom is -0.481 e. The minimum absolute atomic E-state index is 0.682. The van der Waals surface area contributed by atoms with E-state index in [1.54, 1.807) is 13.3 Å². The molecule has 1 aromatic carbocycles. The molecule has 2 aromatic heterocycles. The molecule has 0 radical (unpaired) electrons. The monoisotopic (exact) mass is 316 g/mol. The van der Waals surface area contributed by atoms with E-state index in [0.717, 1.165) is 16.6 Å². The number of hydrogen-bond donors (Lipinski definition) is 0. The fourth-order valence-corrected chi connectivity index (χ4v) is 2.60. The van der Waals surface area contributed by atoms with Gasteiger partial charge in [-0.1, -0.05) is 22.0 Å². The van der Waals surface area contributed by atoms with E-state index in [2.05, 4.69) is 55.9 Å². The Morgan fingerprint density at radius 3 is 3.00 bits per heavy atom. The summed E-state index contributed by atoms with van der Waals surface area (Å²) in [6.45, 7) is 0.752. The van der Waals surface area contributed by atoms with Crippen molar-refractivity contribution in [3.63, 3.8) is 0 Å². The van der Waals surface area contributed by atoms with Crippen LogP contribution in [0.5, 0.6) is 5.88 Å². The Morgan fingerprint density at radius 2 is 2.16 bits per heavy atom. The second kappa shape index (κ2) is 5.05. The molecule has 0 unspecified atom stereocenters. The van der Waals surface area contributed by atoms with Gasteiger partial charge in [0.05, 0.1) is 13.7 Å². The molecule has 3 rings (SSSR count). The second-order valence-corrected chi connectivity index (χ2v) is 5.23. The van der Waals surface area contributed by atoms with Gasteiger partial charge in [-0.3, -0.25) is 0 Å². The molecular formula is C15H13BrN2O. The molecule has 0 bridgehead atoms. The van der Waals surface area contributed by atoms with Crippen LogP contribution in [0.1, 0.15) is 5.56 Å². The molecule has 0 aliphatic rings. The maximum atomic E-state index is 5.29. The van der Waals surface area contributed by atoms with Crippen LogP contribution in [-0.2, 0) is 6.54 Å². The fourth-order valence-electron chi connectivity index (χ4n) is 2.22. The first-order valence-electron chi connectivity index (χ1n) is 6.00. The zero-order chi connectivity index (χ0) is 13.2. The van der Waals surface area contributed by atoms with Gasteiger partial charge in [0.1, 0.15) is 0 Å². The largest absolute Gasteiger partial charge is 0.481 e. The van der Waals surface area contributed by atoms with Gasteiger partial charge in [0, 0.05) is 33.3 Å². The average Bonchev–Trinajstić information content (AvgIpc) is 2.82. The van der Waals surface area contributed by atoms with Crippen LogP contribution in [0.25, 0.3) is 10.9 Å². The molecule has 3 nitrogen and oxygen atoms in total. The molecule has 96 valence electrons. The lowest BCUT2D eigenvalue weighted by molar-refractivity contribution is 0.391. The summed E-state index contributed by atoms with van der Waals surface area (Å²) in [4.78, 5) is 4.23. The van der Waals surface area contributed by atoms with E-state index in [4.69, 9.17) is 4.74 Å². The van der Waals surface area contributed by atoms with Crippen LogP contribution in [-0.4, -0.2) is 16.7 Å². The zero-order valence-electron chi connectivity index (χ0n) is 10.5. The molecule has 3 aromatic rings. The molecule has 0 aliphatic carbocycles. The number of rotatable bonds is 3. The smallest absolute Gasteiger partial charge is 0.218 e. The first-order chi connectivity index (χ1) is 9.28. The van der Waals surface area contributed by atoms with Crippen molar-refractivity contribution in [2.24, 2.45) is 0 Å². The van der Waals surface area contributed by atoms with Crippen LogP contribution < -0.4 is 4.74 Å². The van der Waals surface area contributed by atoms with Crippen LogP contribution in [0, 0.1) is 0 Å². The van der Waals surface area contributed by atoms with E-state index in [1.807, 2.05) is 12.1 Å². The standard InChI is InChI=1S/C15H13BrN2O/c1-19-15-12(3-2-7-17-15)10-18-8-6-11-9-13(16)4-5-14(11)18/h2-9H,10H2,1H3. The minimum atomic E-state index is 0.682. The molecule has 0 aliphatic heterocycles. The third-order valence-electron chi connectivity index (χ3n) is 3.12. The number of aromatic nitrogens is 2. The number of ether oxygens (including phenoxy) is 1. The first-order valence-corrected chi connectivity index (χ1v) is 6.79. The molecular weight excluding hydrogens is 304 g/mol. The van der Waals surface area contributed by atoms with Crippen molar-refractivity contribution in [3.05, 3.63) is 58.8 Å². The van der Waals surface area contributed by atoms with Crippen molar-refractivity contribution in [2.75, 3.05) is 7.11 Å². The van der Waals surface area contributed by atoms with Gasteiger partial charge in [-0.2, -0.15) is 0 Å². The summed E-state index contributed by atoms with van der Waals surface area (Å²) in [6, 6.07) is 12.4. The fraction of sp³-hybridized carbons (Fsp3) is 0.133. The Hall–Kier alpha value is -1.81. The normalized spacial score (nSPS) is 10.8. The van der Waals surface area contributed by atoms with Crippen molar-refractivity contribution in [3.8, 4) is 5.88 Å². The summed E-state index contributed by atoms with van der Waals surface area (Å²) in [5.41, 5.74) is 2.28. The van der Waals surface area contributed by atoms with Gasteiger partial charge in [0.2, 0.25) is 5.88 Å². The highest BCUT2D eigenvalue weighted by atomic mass is 79.9. The van der Waals surface area contributed by atoms with Crippen molar-refractivity contribution < 1.29 is 4.74 Å². The van der Waals surface area contributed by atoms with Crippen LogP contribution in [0.2, 0.25) is 0 Å². The number of pyridine rings is 1. The number of halogens is 1. The third kappa shape index (κ3) is 2.36. The summed E-state index contributed by atoms with van der Waals surface area (Å²) in [7, 11) is 1.65. The number of fused-ring (bicyclic) bond motifs is 1. The molecule has 0 fully saturated rings. The predicted octanol–water partition coefficient (Wildman–Crippen LogP) is 3.86. The van der Waals surface area contributed by atoms with Gasteiger partial charge in [-0.05, 0) is 30.3 Å². The van der Waals surface area contributed by atoms with Crippen LogP contribution >= 0.6 is 15.9 Å². The van der Waals surface area contributed by atoms with E-state index in [0.29, 0.717) is 5.88 Å². The number of methoxy groups -OCH3 is 1. The van der Waals surface area contributed by atoms with E-state index in [1.165, 1.54) is 10.9 Å². The summed E-state index contributed by atoms with van der Waals surface area (Å²) in [5.74, 6) is 0.682. The lowest BCUT2D eigenvalue weighted by Gasteiger charge is -2.09. The Balaban J connectivity index is 2.01. The maximum absolute atomic E-state index is 5.29.